The first-order valence-electron chi connectivity index (χ1n) is 0. The standard InChI is InChI=1S/4H2O.Zn/h4*1H2;. The van der Waals surface area contributed by atoms with Gasteiger partial charge in [0.2, 0.25) is 0 Å². The molecule has 8 N–H and O–H groups in total. The molecule has 0 aromatic heterocycles. The predicted molar refractivity (Wildman–Crippen MR) is 14.5 cm³/mol. The Balaban J connectivity index is 0. The van der Waals surface area contributed by atoms with Gasteiger partial charge in [-0.05, 0) is 0 Å². The van der Waals surface area contributed by atoms with Crippen LogP contribution in [0.2, 0.25) is 0 Å². The Hall–Kier alpha value is 0.463. The van der Waals surface area contributed by atoms with Crippen LogP contribution in [0.3, 0.4) is 0 Å². The number of rotatable bonds is 0. The van der Waals surface area contributed by atoms with Crippen LogP contribution in [0.4, 0.5) is 0 Å². The van der Waals surface area contributed by atoms with E-state index in [-0.39, 0.29) is 41.4 Å². The summed E-state index contributed by atoms with van der Waals surface area (Å²) in [6.45, 7) is 0. The SMILES string of the molecule is O.O.O.O.[Zn]. The largest absolute Gasteiger partial charge is 0.412 e. The van der Waals surface area contributed by atoms with Crippen LogP contribution in [0.1, 0.15) is 0 Å². The molecule has 0 aliphatic carbocycles. The summed E-state index contributed by atoms with van der Waals surface area (Å²) in [7, 11) is 0. The average Bonchev–Trinajstić information content (AvgIpc) is 0. The Bertz CT molecular complexity index is 3.61. The molecule has 0 atom stereocenters. The van der Waals surface area contributed by atoms with E-state index >= 15 is 0 Å². The van der Waals surface area contributed by atoms with Crippen LogP contribution in [0.5, 0.6) is 0 Å². The minimum Gasteiger partial charge on any atom is -0.412 e. The molecular weight excluding hydrogens is 129 g/mol. The summed E-state index contributed by atoms with van der Waals surface area (Å²) in [6.07, 6.45) is 0. The van der Waals surface area contributed by atoms with Crippen molar-refractivity contribution in [1.29, 1.82) is 0 Å². The second-order valence-electron chi connectivity index (χ2n) is 0. The molecule has 0 spiro atoms. The van der Waals surface area contributed by atoms with Crippen LogP contribution < -0.4 is 0 Å². The molecule has 0 unspecified atom stereocenters. The third kappa shape index (κ3) is 126. The summed E-state index contributed by atoms with van der Waals surface area (Å²) >= 11 is 0. The van der Waals surface area contributed by atoms with Crippen LogP contribution in [0, 0.1) is 0 Å². The summed E-state index contributed by atoms with van der Waals surface area (Å²) in [5.74, 6) is 0. The fraction of sp³-hybridized carbons (Fsp3) is 0. The molecule has 0 rings (SSSR count). The van der Waals surface area contributed by atoms with Gasteiger partial charge < -0.3 is 21.9 Å². The molecule has 0 aromatic rings. The average molecular weight is 137 g/mol. The van der Waals surface area contributed by atoms with E-state index in [1.54, 1.807) is 0 Å². The first-order chi connectivity index (χ1) is 0. The van der Waals surface area contributed by atoms with E-state index in [4.69, 9.17) is 0 Å². The van der Waals surface area contributed by atoms with E-state index in [9.17, 15) is 0 Å². The van der Waals surface area contributed by atoms with Crippen LogP contribution in [-0.2, 0) is 19.5 Å². The van der Waals surface area contributed by atoms with Gasteiger partial charge in [-0.15, -0.1) is 0 Å². The summed E-state index contributed by atoms with van der Waals surface area (Å²) in [5.41, 5.74) is 0. The van der Waals surface area contributed by atoms with Gasteiger partial charge in [0.25, 0.3) is 0 Å². The summed E-state index contributed by atoms with van der Waals surface area (Å²) in [5, 5.41) is 0. The monoisotopic (exact) mass is 136 g/mol. The van der Waals surface area contributed by atoms with Crippen molar-refractivity contribution in [1.82, 2.24) is 0 Å². The molecule has 0 saturated carbocycles. The fourth-order valence-corrected chi connectivity index (χ4v) is 0. The van der Waals surface area contributed by atoms with Gasteiger partial charge in [0, 0.05) is 19.5 Å². The summed E-state index contributed by atoms with van der Waals surface area (Å²) in [4.78, 5) is 0. The van der Waals surface area contributed by atoms with Crippen LogP contribution in [0.25, 0.3) is 0 Å². The van der Waals surface area contributed by atoms with Crippen molar-refractivity contribution in [3.63, 3.8) is 0 Å². The molecule has 0 heterocycles. The Kier molecular flexibility index (Phi) is 25300. The Morgan fingerprint density at radius 1 is 0.400 bits per heavy atom. The zero-order valence-corrected chi connectivity index (χ0v) is 5.67. The molecular formula is H8O4Zn. The normalized spacial score (nSPS) is 0. The van der Waals surface area contributed by atoms with Gasteiger partial charge in [-0.3, -0.25) is 0 Å². The Morgan fingerprint density at radius 3 is 0.400 bits per heavy atom. The molecule has 0 fully saturated rings. The molecule has 34 valence electrons. The van der Waals surface area contributed by atoms with Crippen molar-refractivity contribution in [3.8, 4) is 0 Å². The van der Waals surface area contributed by atoms with Crippen LogP contribution in [-0.4, -0.2) is 21.9 Å². The van der Waals surface area contributed by atoms with Crippen molar-refractivity contribution in [3.05, 3.63) is 0 Å². The maximum absolute atomic E-state index is 0. The van der Waals surface area contributed by atoms with Gasteiger partial charge in [0.1, 0.15) is 0 Å². The van der Waals surface area contributed by atoms with Crippen molar-refractivity contribution in [2.24, 2.45) is 0 Å². The molecule has 0 amide bonds. The minimum atomic E-state index is 0. The fourth-order valence-electron chi connectivity index (χ4n) is 0. The molecule has 5 heteroatoms. The number of hydrogen-bond acceptors (Lipinski definition) is 0. The molecule has 5 heavy (non-hydrogen) atoms. The quantitative estimate of drug-likeness (QED) is 0.310. The zero-order chi connectivity index (χ0) is 0. The summed E-state index contributed by atoms with van der Waals surface area (Å²) < 4.78 is 0. The van der Waals surface area contributed by atoms with Crippen LogP contribution >= 0.6 is 0 Å². The van der Waals surface area contributed by atoms with Crippen molar-refractivity contribution >= 4 is 0 Å². The second kappa shape index (κ2) is 249. The molecule has 0 saturated heterocycles. The first kappa shape index (κ1) is 507. The maximum Gasteiger partial charge on any atom is 0 e. The van der Waals surface area contributed by atoms with Gasteiger partial charge in [0.15, 0.2) is 0 Å². The van der Waals surface area contributed by atoms with Crippen LogP contribution in [0.15, 0.2) is 0 Å². The molecule has 0 aromatic carbocycles. The number of hydrogen-bond donors (Lipinski definition) is 0. The van der Waals surface area contributed by atoms with E-state index in [1.165, 1.54) is 0 Å². The Morgan fingerprint density at radius 2 is 0.400 bits per heavy atom. The first-order valence-corrected chi connectivity index (χ1v) is 0. The van der Waals surface area contributed by atoms with Crippen molar-refractivity contribution < 1.29 is 41.4 Å². The minimum absolute atomic E-state index is 0. The summed E-state index contributed by atoms with van der Waals surface area (Å²) in [6, 6.07) is 0. The molecule has 0 radical (unpaired) electrons. The Labute approximate surface area is 42.2 Å². The van der Waals surface area contributed by atoms with Gasteiger partial charge in [-0.1, -0.05) is 0 Å². The topological polar surface area (TPSA) is 126 Å². The second-order valence-corrected chi connectivity index (χ2v) is 0. The van der Waals surface area contributed by atoms with Crippen molar-refractivity contribution in [2.75, 3.05) is 0 Å². The molecule has 0 aliphatic rings. The van der Waals surface area contributed by atoms with Gasteiger partial charge in [0.05, 0.1) is 0 Å². The van der Waals surface area contributed by atoms with E-state index in [1.807, 2.05) is 0 Å². The molecule has 0 aliphatic heterocycles. The van der Waals surface area contributed by atoms with Crippen molar-refractivity contribution in [2.45, 2.75) is 0 Å². The van der Waals surface area contributed by atoms with E-state index in [0.717, 1.165) is 0 Å². The van der Waals surface area contributed by atoms with Gasteiger partial charge >= 0.3 is 0 Å². The van der Waals surface area contributed by atoms with E-state index < -0.39 is 0 Å². The molecule has 4 nitrogen and oxygen atoms in total. The van der Waals surface area contributed by atoms with Gasteiger partial charge in [-0.2, -0.15) is 0 Å². The van der Waals surface area contributed by atoms with E-state index in [0.29, 0.717) is 0 Å². The molecule has 0 bridgehead atoms. The van der Waals surface area contributed by atoms with E-state index in [2.05, 4.69) is 0 Å². The zero-order valence-electron chi connectivity index (χ0n) is 2.71. The maximum atomic E-state index is 0. The predicted octanol–water partition coefficient (Wildman–Crippen LogP) is -3.30. The smallest absolute Gasteiger partial charge is 0 e. The third-order valence-corrected chi connectivity index (χ3v) is 0. The third-order valence-electron chi connectivity index (χ3n) is 0. The van der Waals surface area contributed by atoms with Gasteiger partial charge in [-0.25, -0.2) is 0 Å².